The number of imidazole rings is 1. The van der Waals surface area contributed by atoms with Crippen molar-refractivity contribution in [3.8, 4) is 0 Å². The predicted molar refractivity (Wildman–Crippen MR) is 115 cm³/mol. The van der Waals surface area contributed by atoms with Gasteiger partial charge in [0.05, 0.1) is 18.8 Å². The Bertz CT molecular complexity index is 851. The Morgan fingerprint density at radius 1 is 1.15 bits per heavy atom. The van der Waals surface area contributed by atoms with E-state index in [9.17, 15) is 29.1 Å². The highest BCUT2D eigenvalue weighted by Crippen LogP contribution is 2.09. The summed E-state index contributed by atoms with van der Waals surface area (Å²) in [5.74, 6) is -4.47. The van der Waals surface area contributed by atoms with Gasteiger partial charge in [-0.3, -0.25) is 19.2 Å². The van der Waals surface area contributed by atoms with E-state index in [1.165, 1.54) is 12.5 Å². The molecule has 1 aromatic heterocycles. The fraction of sp³-hybridized carbons (Fsp3) is 0.600. The molecule has 0 bridgehead atoms. The van der Waals surface area contributed by atoms with Gasteiger partial charge in [0, 0.05) is 18.3 Å². The lowest BCUT2D eigenvalue weighted by Crippen LogP contribution is -2.59. The molecule has 4 atom stereocenters. The summed E-state index contributed by atoms with van der Waals surface area (Å²) >= 11 is 0. The molecule has 13 heteroatoms. The van der Waals surface area contributed by atoms with Crippen LogP contribution in [0.3, 0.4) is 0 Å². The number of aromatic amines is 1. The van der Waals surface area contributed by atoms with Gasteiger partial charge in [-0.15, -0.1) is 0 Å². The van der Waals surface area contributed by atoms with Gasteiger partial charge < -0.3 is 37.1 Å². The van der Waals surface area contributed by atoms with Crippen LogP contribution in [0.2, 0.25) is 0 Å². The second kappa shape index (κ2) is 11.9. The maximum absolute atomic E-state index is 13.1. The monoisotopic (exact) mass is 465 g/mol. The Hall–Kier alpha value is -3.48. The predicted octanol–water partition coefficient (Wildman–Crippen LogP) is -2.23. The quantitative estimate of drug-likeness (QED) is 0.179. The first kappa shape index (κ1) is 25.8. The number of hydrogen-bond donors (Lipinski definition) is 7. The van der Waals surface area contributed by atoms with Crippen molar-refractivity contribution in [1.29, 1.82) is 0 Å². The van der Waals surface area contributed by atoms with Crippen molar-refractivity contribution in [1.82, 2.24) is 31.2 Å². The molecule has 2 rings (SSSR count). The van der Waals surface area contributed by atoms with Crippen LogP contribution in [0.15, 0.2) is 12.5 Å². The zero-order chi connectivity index (χ0) is 24.5. The maximum atomic E-state index is 13.1. The minimum absolute atomic E-state index is 0.107. The van der Waals surface area contributed by atoms with Gasteiger partial charge in [-0.2, -0.15) is 0 Å². The minimum Gasteiger partial charge on any atom is -0.480 e. The number of nitrogens with two attached hydrogens (primary N) is 1. The van der Waals surface area contributed by atoms with Crippen molar-refractivity contribution in [2.75, 3.05) is 6.54 Å². The van der Waals surface area contributed by atoms with Crippen molar-refractivity contribution in [3.63, 3.8) is 0 Å². The van der Waals surface area contributed by atoms with Crippen molar-refractivity contribution >= 4 is 29.6 Å². The summed E-state index contributed by atoms with van der Waals surface area (Å²) < 4.78 is 0. The number of carboxylic acid groups (broad SMARTS) is 1. The third-order valence-corrected chi connectivity index (χ3v) is 5.26. The van der Waals surface area contributed by atoms with Gasteiger partial charge in [0.15, 0.2) is 0 Å². The van der Waals surface area contributed by atoms with Gasteiger partial charge >= 0.3 is 5.97 Å². The molecule has 0 radical (unpaired) electrons. The lowest BCUT2D eigenvalue weighted by molar-refractivity contribution is -0.144. The molecule has 8 N–H and O–H groups in total. The van der Waals surface area contributed by atoms with Gasteiger partial charge in [0.1, 0.15) is 18.1 Å². The summed E-state index contributed by atoms with van der Waals surface area (Å²) in [6.07, 6.45) is 3.98. The average molecular weight is 466 g/mol. The number of nitrogens with zero attached hydrogens (tertiary/aromatic N) is 1. The minimum atomic E-state index is -1.53. The molecule has 1 aromatic rings. The van der Waals surface area contributed by atoms with Crippen molar-refractivity contribution < 1.29 is 29.1 Å². The summed E-state index contributed by atoms with van der Waals surface area (Å²) in [7, 11) is 0. The van der Waals surface area contributed by atoms with Crippen molar-refractivity contribution in [2.24, 2.45) is 11.7 Å². The van der Waals surface area contributed by atoms with Crippen LogP contribution in [0.5, 0.6) is 0 Å². The molecular weight excluding hydrogens is 434 g/mol. The number of rotatable bonds is 12. The second-order valence-corrected chi connectivity index (χ2v) is 8.29. The van der Waals surface area contributed by atoms with Crippen LogP contribution in [0, 0.1) is 5.92 Å². The molecule has 0 spiro atoms. The number of nitrogens with one attached hydrogen (secondary N) is 5. The molecule has 0 aromatic carbocycles. The first-order valence-corrected chi connectivity index (χ1v) is 10.7. The van der Waals surface area contributed by atoms with E-state index in [1.54, 1.807) is 13.8 Å². The maximum Gasteiger partial charge on any atom is 0.326 e. The van der Waals surface area contributed by atoms with Crippen LogP contribution >= 0.6 is 0 Å². The van der Waals surface area contributed by atoms with E-state index < -0.39 is 60.2 Å². The van der Waals surface area contributed by atoms with E-state index in [4.69, 9.17) is 5.73 Å². The summed E-state index contributed by atoms with van der Waals surface area (Å²) in [4.78, 5) is 67.7. The highest BCUT2D eigenvalue weighted by molar-refractivity contribution is 5.95. The third-order valence-electron chi connectivity index (χ3n) is 5.26. The standard InChI is InChI=1S/C20H31N7O6/c1-10(2)16(19(31)26-14(20(32)33)7-15(21)28)27-18(30)13(6-11-8-22-9-24-11)25-17(29)12-4-3-5-23-12/h8-10,12-14,16,23H,3-7H2,1-2H3,(H2,21,28)(H,22,24)(H,25,29)(H,26,31)(H,27,30)(H,32,33). The Morgan fingerprint density at radius 3 is 2.39 bits per heavy atom. The molecule has 33 heavy (non-hydrogen) atoms. The Labute approximate surface area is 190 Å². The van der Waals surface area contributed by atoms with E-state index in [2.05, 4.69) is 31.2 Å². The van der Waals surface area contributed by atoms with E-state index in [0.29, 0.717) is 18.7 Å². The van der Waals surface area contributed by atoms with Crippen LogP contribution in [0.4, 0.5) is 0 Å². The number of carboxylic acids is 1. The highest BCUT2D eigenvalue weighted by atomic mass is 16.4. The number of primary amides is 1. The first-order valence-electron chi connectivity index (χ1n) is 10.7. The van der Waals surface area contributed by atoms with Crippen LogP contribution in [-0.4, -0.2) is 75.4 Å². The molecule has 182 valence electrons. The molecule has 0 aliphatic carbocycles. The van der Waals surface area contributed by atoms with Crippen LogP contribution in [0.1, 0.15) is 38.8 Å². The molecule has 13 nitrogen and oxygen atoms in total. The van der Waals surface area contributed by atoms with Gasteiger partial charge in [0.25, 0.3) is 0 Å². The highest BCUT2D eigenvalue weighted by Gasteiger charge is 2.33. The Kier molecular flexibility index (Phi) is 9.33. The lowest BCUT2D eigenvalue weighted by Gasteiger charge is -2.27. The number of H-pyrrole nitrogens is 1. The van der Waals surface area contributed by atoms with Crippen LogP contribution in [-0.2, 0) is 30.4 Å². The van der Waals surface area contributed by atoms with Crippen LogP contribution in [0.25, 0.3) is 0 Å². The summed E-state index contributed by atoms with van der Waals surface area (Å²) in [6.45, 7) is 4.04. The third kappa shape index (κ3) is 7.86. The van der Waals surface area contributed by atoms with Crippen molar-refractivity contribution in [3.05, 3.63) is 18.2 Å². The fourth-order valence-corrected chi connectivity index (χ4v) is 3.46. The van der Waals surface area contributed by atoms with Crippen LogP contribution < -0.4 is 27.0 Å². The molecule has 4 unspecified atom stereocenters. The fourth-order valence-electron chi connectivity index (χ4n) is 3.46. The molecule has 1 fully saturated rings. The molecule has 2 heterocycles. The smallest absolute Gasteiger partial charge is 0.326 e. The van der Waals surface area contributed by atoms with E-state index in [0.717, 1.165) is 6.42 Å². The molecule has 1 aliphatic heterocycles. The van der Waals surface area contributed by atoms with Gasteiger partial charge in [0.2, 0.25) is 23.6 Å². The van der Waals surface area contributed by atoms with Gasteiger partial charge in [-0.25, -0.2) is 9.78 Å². The number of hydrogen-bond acceptors (Lipinski definition) is 7. The average Bonchev–Trinajstić information content (AvgIpc) is 3.44. The number of aliphatic carboxylic acids is 1. The summed E-state index contributed by atoms with van der Waals surface area (Å²) in [5.41, 5.74) is 5.65. The molecule has 1 aliphatic rings. The molecule has 4 amide bonds. The van der Waals surface area contributed by atoms with E-state index in [-0.39, 0.29) is 12.3 Å². The zero-order valence-corrected chi connectivity index (χ0v) is 18.6. The van der Waals surface area contributed by atoms with E-state index in [1.807, 2.05) is 0 Å². The zero-order valence-electron chi connectivity index (χ0n) is 18.6. The van der Waals surface area contributed by atoms with Gasteiger partial charge in [-0.1, -0.05) is 13.8 Å². The second-order valence-electron chi connectivity index (χ2n) is 8.29. The molecule has 1 saturated heterocycles. The van der Waals surface area contributed by atoms with E-state index >= 15 is 0 Å². The topological polar surface area (TPSA) is 208 Å². The number of carbonyl (C=O) groups excluding carboxylic acids is 4. The first-order chi connectivity index (χ1) is 15.6. The largest absolute Gasteiger partial charge is 0.480 e. The Balaban J connectivity index is 2.12. The van der Waals surface area contributed by atoms with Gasteiger partial charge in [-0.05, 0) is 25.3 Å². The number of amides is 4. The Morgan fingerprint density at radius 2 is 1.88 bits per heavy atom. The molecular formula is C20H31N7O6. The number of aromatic nitrogens is 2. The normalized spacial score (nSPS) is 18.2. The van der Waals surface area contributed by atoms with Crippen molar-refractivity contribution in [2.45, 2.75) is 63.7 Å². The SMILES string of the molecule is CC(C)C(NC(=O)C(Cc1cnc[nH]1)NC(=O)C1CCCN1)C(=O)NC(CC(N)=O)C(=O)O. The number of carbonyl (C=O) groups is 5. The lowest BCUT2D eigenvalue weighted by atomic mass is 10.0. The molecule has 0 saturated carbocycles. The summed E-state index contributed by atoms with van der Waals surface area (Å²) in [5, 5.41) is 19.8. The summed E-state index contributed by atoms with van der Waals surface area (Å²) in [6, 6.07) is -4.05.